The summed E-state index contributed by atoms with van der Waals surface area (Å²) >= 11 is 1.88. The van der Waals surface area contributed by atoms with E-state index in [0.717, 1.165) is 28.1 Å². The van der Waals surface area contributed by atoms with E-state index >= 15 is 0 Å². The molecule has 0 fully saturated rings. The number of hydrogen-bond acceptors (Lipinski definition) is 3. The van der Waals surface area contributed by atoms with Crippen molar-refractivity contribution in [2.24, 2.45) is 10.9 Å². The third-order valence-electron chi connectivity index (χ3n) is 9.39. The van der Waals surface area contributed by atoms with Crippen molar-refractivity contribution >= 4 is 59.0 Å². The van der Waals surface area contributed by atoms with Gasteiger partial charge >= 0.3 is 0 Å². The van der Waals surface area contributed by atoms with Gasteiger partial charge in [-0.1, -0.05) is 121 Å². The average molecular weight is 634 g/mol. The average Bonchev–Trinajstić information content (AvgIpc) is 3.70. The van der Waals surface area contributed by atoms with Gasteiger partial charge in [-0.3, -0.25) is 0 Å². The number of rotatable bonds is 6. The Morgan fingerprint density at radius 2 is 1.27 bits per heavy atom. The van der Waals surface area contributed by atoms with Crippen LogP contribution in [0.4, 0.5) is 0 Å². The standard InChI is InChI=1S/C44H31N3S/c45-46-40(33-15-9-14-31(27-33)30-12-2-1-3-13-30)26-29-11-8-16-34(25-29)47-41-21-6-4-17-36(41)39-28-32(23-24-42(39)47)35-19-10-20-38-37-18-5-7-22-43(37)48-44(35)38/h1-25,27-28H,26,45H2/b46-40+. The predicted octanol–water partition coefficient (Wildman–Crippen LogP) is 11.4. The molecule has 0 spiro atoms. The molecular weight excluding hydrogens is 603 g/mol. The van der Waals surface area contributed by atoms with Crippen LogP contribution in [0.2, 0.25) is 0 Å². The lowest BCUT2D eigenvalue weighted by Gasteiger charge is -2.12. The number of hydrazone groups is 1. The van der Waals surface area contributed by atoms with Crippen LogP contribution in [0.15, 0.2) is 169 Å². The molecule has 0 saturated heterocycles. The summed E-state index contributed by atoms with van der Waals surface area (Å²) < 4.78 is 5.04. The van der Waals surface area contributed by atoms with E-state index in [-0.39, 0.29) is 0 Å². The van der Waals surface area contributed by atoms with E-state index < -0.39 is 0 Å². The Morgan fingerprint density at radius 3 is 2.17 bits per heavy atom. The molecule has 2 heterocycles. The van der Waals surface area contributed by atoms with Gasteiger partial charge in [0.15, 0.2) is 0 Å². The third-order valence-corrected chi connectivity index (χ3v) is 10.6. The van der Waals surface area contributed by atoms with Gasteiger partial charge in [-0.2, -0.15) is 5.10 Å². The zero-order valence-corrected chi connectivity index (χ0v) is 27.0. The van der Waals surface area contributed by atoms with Crippen molar-refractivity contribution in [2.45, 2.75) is 6.42 Å². The van der Waals surface area contributed by atoms with E-state index in [0.29, 0.717) is 6.42 Å². The molecule has 3 nitrogen and oxygen atoms in total. The van der Waals surface area contributed by atoms with Gasteiger partial charge in [0.1, 0.15) is 0 Å². The minimum atomic E-state index is 0.628. The Bertz CT molecular complexity index is 2660. The first-order valence-electron chi connectivity index (χ1n) is 16.2. The van der Waals surface area contributed by atoms with Crippen LogP contribution in [-0.4, -0.2) is 10.3 Å². The van der Waals surface area contributed by atoms with Crippen LogP contribution in [0.25, 0.3) is 69.9 Å². The fourth-order valence-electron chi connectivity index (χ4n) is 7.12. The van der Waals surface area contributed by atoms with Gasteiger partial charge in [0, 0.05) is 43.1 Å². The first-order chi connectivity index (χ1) is 23.7. The quantitative estimate of drug-likeness (QED) is 0.110. The van der Waals surface area contributed by atoms with Crippen molar-refractivity contribution in [2.75, 3.05) is 0 Å². The molecule has 2 aromatic heterocycles. The molecule has 2 N–H and O–H groups in total. The minimum Gasteiger partial charge on any atom is -0.323 e. The second-order valence-electron chi connectivity index (χ2n) is 12.2. The zero-order valence-electron chi connectivity index (χ0n) is 26.2. The lowest BCUT2D eigenvalue weighted by atomic mass is 9.97. The summed E-state index contributed by atoms with van der Waals surface area (Å²) in [5.41, 5.74) is 11.4. The molecule has 9 rings (SSSR count). The normalized spacial score (nSPS) is 12.0. The number of para-hydroxylation sites is 1. The molecule has 0 saturated carbocycles. The first-order valence-corrected chi connectivity index (χ1v) is 17.0. The molecule has 0 aliphatic carbocycles. The molecule has 0 amide bonds. The zero-order chi connectivity index (χ0) is 32.0. The largest absolute Gasteiger partial charge is 0.323 e. The van der Waals surface area contributed by atoms with Crippen LogP contribution >= 0.6 is 11.3 Å². The van der Waals surface area contributed by atoms with Gasteiger partial charge in [0.2, 0.25) is 0 Å². The fraction of sp³-hybridized carbons (Fsp3) is 0.0227. The van der Waals surface area contributed by atoms with Crippen LogP contribution < -0.4 is 5.84 Å². The van der Waals surface area contributed by atoms with Crippen LogP contribution in [0.3, 0.4) is 0 Å². The molecular formula is C44H31N3S. The van der Waals surface area contributed by atoms with Crippen LogP contribution in [-0.2, 0) is 6.42 Å². The van der Waals surface area contributed by atoms with Gasteiger partial charge < -0.3 is 10.4 Å². The van der Waals surface area contributed by atoms with E-state index in [9.17, 15) is 0 Å². The summed E-state index contributed by atoms with van der Waals surface area (Å²) in [5, 5.41) is 9.39. The van der Waals surface area contributed by atoms with Crippen molar-refractivity contribution < 1.29 is 0 Å². The first kappa shape index (κ1) is 28.3. The minimum absolute atomic E-state index is 0.628. The topological polar surface area (TPSA) is 43.3 Å². The number of fused-ring (bicyclic) bond motifs is 6. The Kier molecular flexibility index (Phi) is 6.88. The SMILES string of the molecule is N/N=C(\Cc1cccc(-n2c3ccccc3c3cc(-c4cccc5c4sc4ccccc45)ccc32)c1)c1cccc(-c2ccccc2)c1. The van der Waals surface area contributed by atoms with Crippen LogP contribution in [0.1, 0.15) is 11.1 Å². The highest BCUT2D eigenvalue weighted by Gasteiger charge is 2.16. The summed E-state index contributed by atoms with van der Waals surface area (Å²) in [6.07, 6.45) is 0.628. The van der Waals surface area contributed by atoms with E-state index in [1.54, 1.807) is 0 Å². The Morgan fingerprint density at radius 1 is 0.542 bits per heavy atom. The summed E-state index contributed by atoms with van der Waals surface area (Å²) in [6.45, 7) is 0. The second-order valence-corrected chi connectivity index (χ2v) is 13.3. The molecule has 48 heavy (non-hydrogen) atoms. The van der Waals surface area contributed by atoms with Gasteiger partial charge in [-0.15, -0.1) is 11.3 Å². The smallest absolute Gasteiger partial charge is 0.0716 e. The van der Waals surface area contributed by atoms with Gasteiger partial charge in [0.25, 0.3) is 0 Å². The Balaban J connectivity index is 1.12. The summed E-state index contributed by atoms with van der Waals surface area (Å²) in [7, 11) is 0. The molecule has 0 bridgehead atoms. The van der Waals surface area contributed by atoms with Crippen molar-refractivity contribution in [3.05, 3.63) is 175 Å². The fourth-order valence-corrected chi connectivity index (χ4v) is 8.36. The molecule has 0 radical (unpaired) electrons. The third kappa shape index (κ3) is 4.77. The van der Waals surface area contributed by atoms with E-state index in [1.165, 1.54) is 58.7 Å². The van der Waals surface area contributed by atoms with Crippen molar-refractivity contribution in [1.29, 1.82) is 0 Å². The Hall–Kier alpha value is -5.97. The maximum Gasteiger partial charge on any atom is 0.0716 e. The number of thiophene rings is 1. The van der Waals surface area contributed by atoms with Crippen molar-refractivity contribution in [1.82, 2.24) is 4.57 Å². The molecule has 228 valence electrons. The van der Waals surface area contributed by atoms with Crippen LogP contribution in [0, 0.1) is 0 Å². The van der Waals surface area contributed by atoms with Gasteiger partial charge in [0.05, 0.1) is 16.7 Å². The van der Waals surface area contributed by atoms with E-state index in [4.69, 9.17) is 5.84 Å². The maximum absolute atomic E-state index is 6.02. The van der Waals surface area contributed by atoms with Gasteiger partial charge in [-0.05, 0) is 75.8 Å². The van der Waals surface area contributed by atoms with Gasteiger partial charge in [-0.25, -0.2) is 0 Å². The van der Waals surface area contributed by atoms with Crippen molar-refractivity contribution in [3.8, 4) is 27.9 Å². The predicted molar refractivity (Wildman–Crippen MR) is 205 cm³/mol. The maximum atomic E-state index is 6.02. The van der Waals surface area contributed by atoms with E-state index in [2.05, 4.69) is 167 Å². The molecule has 9 aromatic rings. The summed E-state index contributed by atoms with van der Waals surface area (Å²) in [5.74, 6) is 6.02. The highest BCUT2D eigenvalue weighted by atomic mass is 32.1. The molecule has 4 heteroatoms. The number of hydrogen-bond donors (Lipinski definition) is 1. The number of benzene rings is 7. The number of nitrogens with zero attached hydrogens (tertiary/aromatic N) is 2. The highest BCUT2D eigenvalue weighted by molar-refractivity contribution is 7.26. The highest BCUT2D eigenvalue weighted by Crippen LogP contribution is 2.41. The van der Waals surface area contributed by atoms with Crippen LogP contribution in [0.5, 0.6) is 0 Å². The summed E-state index contributed by atoms with van der Waals surface area (Å²) in [6, 6.07) is 58.7. The Labute approximate surface area is 282 Å². The monoisotopic (exact) mass is 633 g/mol. The lowest BCUT2D eigenvalue weighted by molar-refractivity contribution is 1.15. The van der Waals surface area contributed by atoms with Crippen molar-refractivity contribution in [3.63, 3.8) is 0 Å². The summed E-state index contributed by atoms with van der Waals surface area (Å²) in [4.78, 5) is 0. The molecule has 0 atom stereocenters. The molecule has 0 aliphatic heterocycles. The molecule has 0 unspecified atom stereocenters. The number of nitrogens with two attached hydrogens (primary N) is 1. The number of aromatic nitrogens is 1. The lowest BCUT2D eigenvalue weighted by Crippen LogP contribution is -2.09. The van der Waals surface area contributed by atoms with E-state index in [1.807, 2.05) is 17.4 Å². The molecule has 0 aliphatic rings. The molecule has 7 aromatic carbocycles. The second kappa shape index (κ2) is 11.7.